The second-order valence-corrected chi connectivity index (χ2v) is 8.23. The van der Waals surface area contributed by atoms with Gasteiger partial charge in [0.15, 0.2) is 4.21 Å². The summed E-state index contributed by atoms with van der Waals surface area (Å²) in [5.41, 5.74) is -1.39. The van der Waals surface area contributed by atoms with Gasteiger partial charge in [-0.25, -0.2) is 22.7 Å². The van der Waals surface area contributed by atoms with Crippen LogP contribution >= 0.6 is 22.9 Å². The maximum absolute atomic E-state index is 11.9. The number of hydrogen-bond acceptors (Lipinski definition) is 6. The zero-order valence-electron chi connectivity index (χ0n) is 10.8. The highest BCUT2D eigenvalue weighted by molar-refractivity contribution is 7.92. The molecular formula is C10H12ClNO6S2. The van der Waals surface area contributed by atoms with Gasteiger partial charge in [0.25, 0.3) is 10.0 Å². The smallest absolute Gasteiger partial charge is 0.421 e. The molecule has 0 aliphatic rings. The van der Waals surface area contributed by atoms with Crippen molar-refractivity contribution in [2.45, 2.75) is 30.6 Å². The van der Waals surface area contributed by atoms with Crippen molar-refractivity contribution in [3.8, 4) is 0 Å². The molecule has 1 heterocycles. The standard InChI is InChI=1S/C10H12ClNO6S2/c1-10(2,3)18-9(15)12-20(16,17)8-5(7(13)14)4-6(11)19-8/h4H,1-3H3,(H,12,15)(H,13,14). The minimum Gasteiger partial charge on any atom is -0.478 e. The first-order valence-corrected chi connectivity index (χ1v) is 7.88. The van der Waals surface area contributed by atoms with E-state index in [4.69, 9.17) is 21.4 Å². The Kier molecular flexibility index (Phi) is 4.67. The predicted molar refractivity (Wildman–Crippen MR) is 72.8 cm³/mol. The fourth-order valence-corrected chi connectivity index (χ4v) is 3.86. The van der Waals surface area contributed by atoms with Gasteiger partial charge in [0, 0.05) is 0 Å². The average molecular weight is 342 g/mol. The summed E-state index contributed by atoms with van der Waals surface area (Å²) >= 11 is 6.14. The van der Waals surface area contributed by atoms with Gasteiger partial charge in [-0.2, -0.15) is 0 Å². The number of halogens is 1. The number of hydrogen-bond donors (Lipinski definition) is 2. The van der Waals surface area contributed by atoms with E-state index in [0.29, 0.717) is 11.3 Å². The van der Waals surface area contributed by atoms with Crippen LogP contribution in [0.3, 0.4) is 0 Å². The van der Waals surface area contributed by atoms with Gasteiger partial charge in [0.2, 0.25) is 0 Å². The van der Waals surface area contributed by atoms with Crippen LogP contribution in [0.1, 0.15) is 31.1 Å². The first-order valence-electron chi connectivity index (χ1n) is 5.21. The third-order valence-electron chi connectivity index (χ3n) is 1.76. The highest BCUT2D eigenvalue weighted by Gasteiger charge is 2.29. The third-order valence-corrected chi connectivity index (χ3v) is 4.87. The molecular weight excluding hydrogens is 330 g/mol. The fourth-order valence-electron chi connectivity index (χ4n) is 1.15. The Morgan fingerprint density at radius 1 is 1.40 bits per heavy atom. The quantitative estimate of drug-likeness (QED) is 0.873. The van der Waals surface area contributed by atoms with Gasteiger partial charge in [-0.3, -0.25) is 0 Å². The van der Waals surface area contributed by atoms with E-state index in [9.17, 15) is 18.0 Å². The summed E-state index contributed by atoms with van der Waals surface area (Å²) in [6, 6.07) is 0.998. The lowest BCUT2D eigenvalue weighted by atomic mass is 10.2. The Bertz CT molecular complexity index is 643. The van der Waals surface area contributed by atoms with Gasteiger partial charge in [-0.15, -0.1) is 11.3 Å². The van der Waals surface area contributed by atoms with Crippen LogP contribution in [-0.4, -0.2) is 31.2 Å². The number of ether oxygens (including phenoxy) is 1. The molecule has 1 aromatic heterocycles. The van der Waals surface area contributed by atoms with Gasteiger partial charge in [-0.1, -0.05) is 11.6 Å². The van der Waals surface area contributed by atoms with Crippen molar-refractivity contribution in [1.82, 2.24) is 4.72 Å². The molecule has 2 N–H and O–H groups in total. The summed E-state index contributed by atoms with van der Waals surface area (Å²) in [6.45, 7) is 4.68. The number of aromatic carboxylic acids is 1. The molecule has 1 aromatic rings. The average Bonchev–Trinajstić information content (AvgIpc) is 2.56. The summed E-state index contributed by atoms with van der Waals surface area (Å²) in [5, 5.41) is 8.90. The Morgan fingerprint density at radius 3 is 2.40 bits per heavy atom. The fraction of sp³-hybridized carbons (Fsp3) is 0.400. The number of nitrogens with one attached hydrogen (secondary N) is 1. The van der Waals surface area contributed by atoms with Crippen LogP contribution in [0.2, 0.25) is 4.34 Å². The lowest BCUT2D eigenvalue weighted by Crippen LogP contribution is -2.36. The summed E-state index contributed by atoms with van der Waals surface area (Å²) in [7, 11) is -4.36. The molecule has 10 heteroatoms. The number of thiophene rings is 1. The predicted octanol–water partition coefficient (Wildman–Crippen LogP) is 2.31. The monoisotopic (exact) mass is 341 g/mol. The molecule has 0 bridgehead atoms. The lowest BCUT2D eigenvalue weighted by molar-refractivity contribution is 0.0568. The molecule has 0 fully saturated rings. The van der Waals surface area contributed by atoms with Gasteiger partial charge in [0.1, 0.15) is 5.60 Å². The van der Waals surface area contributed by atoms with Crippen LogP contribution in [0.5, 0.6) is 0 Å². The SMILES string of the molecule is CC(C)(C)OC(=O)NS(=O)(=O)c1sc(Cl)cc1C(=O)O. The Hall–Kier alpha value is -1.32. The van der Waals surface area contributed by atoms with Crippen molar-refractivity contribution in [2.75, 3.05) is 0 Å². The van der Waals surface area contributed by atoms with Crippen molar-refractivity contribution in [2.24, 2.45) is 0 Å². The van der Waals surface area contributed by atoms with Crippen molar-refractivity contribution >= 4 is 45.0 Å². The molecule has 7 nitrogen and oxygen atoms in total. The van der Waals surface area contributed by atoms with E-state index in [0.717, 1.165) is 6.07 Å². The first-order chi connectivity index (χ1) is 8.92. The largest absolute Gasteiger partial charge is 0.478 e. The number of sulfonamides is 1. The number of carbonyl (C=O) groups is 2. The van der Waals surface area contributed by atoms with Gasteiger partial charge >= 0.3 is 12.1 Å². The van der Waals surface area contributed by atoms with Crippen molar-refractivity contribution in [1.29, 1.82) is 0 Å². The molecule has 20 heavy (non-hydrogen) atoms. The topological polar surface area (TPSA) is 110 Å². The van der Waals surface area contributed by atoms with E-state index in [-0.39, 0.29) is 4.34 Å². The van der Waals surface area contributed by atoms with E-state index in [1.54, 1.807) is 25.5 Å². The summed E-state index contributed by atoms with van der Waals surface area (Å²) < 4.78 is 29.7. The van der Waals surface area contributed by atoms with E-state index < -0.39 is 37.5 Å². The second kappa shape index (κ2) is 5.58. The molecule has 0 saturated carbocycles. The molecule has 0 unspecified atom stereocenters. The van der Waals surface area contributed by atoms with E-state index >= 15 is 0 Å². The van der Waals surface area contributed by atoms with Gasteiger partial charge < -0.3 is 9.84 Å². The lowest BCUT2D eigenvalue weighted by Gasteiger charge is -2.19. The van der Waals surface area contributed by atoms with E-state index in [1.165, 1.54) is 0 Å². The van der Waals surface area contributed by atoms with E-state index in [1.807, 2.05) is 0 Å². The zero-order valence-corrected chi connectivity index (χ0v) is 13.1. The number of carboxylic acid groups (broad SMARTS) is 1. The van der Waals surface area contributed by atoms with Gasteiger partial charge in [0.05, 0.1) is 9.90 Å². The second-order valence-electron chi connectivity index (χ2n) is 4.66. The molecule has 0 aliphatic carbocycles. The third kappa shape index (κ3) is 4.36. The van der Waals surface area contributed by atoms with Crippen LogP contribution in [0.25, 0.3) is 0 Å². The normalized spacial score (nSPS) is 12.0. The van der Waals surface area contributed by atoms with Gasteiger partial charge in [-0.05, 0) is 26.8 Å². The molecule has 0 aromatic carbocycles. The number of carboxylic acids is 1. The Balaban J connectivity index is 3.07. The molecule has 0 atom stereocenters. The minimum atomic E-state index is -4.36. The Morgan fingerprint density at radius 2 is 1.95 bits per heavy atom. The van der Waals surface area contributed by atoms with Crippen LogP contribution in [0.4, 0.5) is 4.79 Å². The number of rotatable bonds is 3. The summed E-state index contributed by atoms with van der Waals surface area (Å²) in [6.07, 6.45) is -1.20. The Labute approximate surface area is 124 Å². The number of carbonyl (C=O) groups excluding carboxylic acids is 1. The van der Waals surface area contributed by atoms with Crippen molar-refractivity contribution in [3.05, 3.63) is 16.0 Å². The van der Waals surface area contributed by atoms with Crippen molar-refractivity contribution < 1.29 is 27.9 Å². The number of amides is 1. The zero-order chi connectivity index (χ0) is 15.7. The van der Waals surface area contributed by atoms with Crippen LogP contribution in [-0.2, 0) is 14.8 Å². The van der Waals surface area contributed by atoms with Crippen LogP contribution < -0.4 is 4.72 Å². The maximum Gasteiger partial charge on any atom is 0.421 e. The minimum absolute atomic E-state index is 0.0213. The van der Waals surface area contributed by atoms with E-state index in [2.05, 4.69) is 0 Å². The molecule has 1 rings (SSSR count). The van der Waals surface area contributed by atoms with Crippen molar-refractivity contribution in [3.63, 3.8) is 0 Å². The highest BCUT2D eigenvalue weighted by Crippen LogP contribution is 2.30. The molecule has 0 spiro atoms. The molecule has 0 radical (unpaired) electrons. The molecule has 1 amide bonds. The van der Waals surface area contributed by atoms with Crippen LogP contribution in [0, 0.1) is 0 Å². The molecule has 0 aliphatic heterocycles. The molecule has 0 saturated heterocycles. The maximum atomic E-state index is 11.9. The van der Waals surface area contributed by atoms with Crippen LogP contribution in [0.15, 0.2) is 10.3 Å². The summed E-state index contributed by atoms with van der Waals surface area (Å²) in [5.74, 6) is -1.46. The first kappa shape index (κ1) is 16.7. The molecule has 112 valence electrons. The highest BCUT2D eigenvalue weighted by atomic mass is 35.5. The summed E-state index contributed by atoms with van der Waals surface area (Å²) in [4.78, 5) is 22.4.